The molecule has 1 aliphatic heterocycles. The third kappa shape index (κ3) is 4.93. The highest BCUT2D eigenvalue weighted by atomic mass is 32.2. The summed E-state index contributed by atoms with van der Waals surface area (Å²) in [7, 11) is -3.18. The maximum absolute atomic E-state index is 14.6. The van der Waals surface area contributed by atoms with Gasteiger partial charge in [0.05, 0.1) is 11.9 Å². The van der Waals surface area contributed by atoms with E-state index in [0.717, 1.165) is 10.5 Å². The molecule has 1 saturated heterocycles. The zero-order chi connectivity index (χ0) is 19.7. The number of sulfonamides is 1. The second-order valence-corrected chi connectivity index (χ2v) is 9.50. The van der Waals surface area contributed by atoms with Crippen LogP contribution in [0.15, 0.2) is 18.2 Å². The van der Waals surface area contributed by atoms with Crippen LogP contribution in [0.2, 0.25) is 0 Å². The summed E-state index contributed by atoms with van der Waals surface area (Å²) in [4.78, 5) is 14.6. The van der Waals surface area contributed by atoms with Crippen molar-refractivity contribution in [3.8, 4) is 0 Å². The summed E-state index contributed by atoms with van der Waals surface area (Å²) in [6.45, 7) is 7.56. The summed E-state index contributed by atoms with van der Waals surface area (Å²) < 4.78 is 39.1. The lowest BCUT2D eigenvalue weighted by molar-refractivity contribution is 0.182. The van der Waals surface area contributed by atoms with Gasteiger partial charge in [-0.15, -0.1) is 0 Å². The zero-order valence-electron chi connectivity index (χ0n) is 15.6. The normalized spacial score (nSPS) is 17.3. The maximum Gasteiger partial charge on any atom is 0.412 e. The first kappa shape index (κ1) is 20.6. The molecule has 1 N–H and O–H groups in total. The fraction of sp³-hybridized carbons (Fsp3) is 0.588. The van der Waals surface area contributed by atoms with E-state index in [0.29, 0.717) is 32.7 Å². The molecule has 0 bridgehead atoms. The molecule has 0 atom stereocenters. The molecule has 1 aromatic carbocycles. The van der Waals surface area contributed by atoms with E-state index < -0.39 is 27.5 Å². The van der Waals surface area contributed by atoms with Crippen LogP contribution in [0.5, 0.6) is 0 Å². The van der Waals surface area contributed by atoms with Gasteiger partial charge < -0.3 is 5.11 Å². The minimum absolute atomic E-state index is 0.0237. The van der Waals surface area contributed by atoms with Gasteiger partial charge in [0.1, 0.15) is 5.82 Å². The summed E-state index contributed by atoms with van der Waals surface area (Å²) in [6.07, 6.45) is -0.0127. The largest absolute Gasteiger partial charge is 0.465 e. The molecule has 0 aromatic heterocycles. The second-order valence-electron chi connectivity index (χ2n) is 7.51. The van der Waals surface area contributed by atoms with E-state index in [1.54, 1.807) is 26.8 Å². The summed E-state index contributed by atoms with van der Waals surface area (Å²) in [5.74, 6) is -0.588. The van der Waals surface area contributed by atoms with Gasteiger partial charge in [0.2, 0.25) is 10.0 Å². The topological polar surface area (TPSA) is 81.2 Å². The lowest BCUT2D eigenvalue weighted by Crippen LogP contribution is -2.47. The van der Waals surface area contributed by atoms with Crippen molar-refractivity contribution in [3.05, 3.63) is 29.6 Å². The highest BCUT2D eigenvalue weighted by Gasteiger charge is 2.30. The van der Waals surface area contributed by atoms with Crippen molar-refractivity contribution in [1.29, 1.82) is 0 Å². The number of carbonyl (C=O) groups is 1. The quantitative estimate of drug-likeness (QED) is 0.856. The van der Waals surface area contributed by atoms with Crippen molar-refractivity contribution in [2.75, 3.05) is 37.3 Å². The molecule has 0 aliphatic carbocycles. The monoisotopic (exact) mass is 387 g/mol. The predicted octanol–water partition coefficient (Wildman–Crippen LogP) is 2.19. The molecule has 146 valence electrons. The number of piperazine rings is 1. The summed E-state index contributed by atoms with van der Waals surface area (Å²) in [5.41, 5.74) is -0.0233. The maximum atomic E-state index is 14.6. The number of nitrogens with zero attached hydrogens (tertiary/aromatic N) is 3. The second kappa shape index (κ2) is 7.50. The van der Waals surface area contributed by atoms with E-state index in [4.69, 9.17) is 0 Å². The molecule has 1 fully saturated rings. The lowest BCUT2D eigenvalue weighted by atomic mass is 10.0. The van der Waals surface area contributed by atoms with E-state index in [9.17, 15) is 22.7 Å². The number of amides is 1. The first-order valence-electron chi connectivity index (χ1n) is 8.38. The molecule has 1 aromatic rings. The molecule has 1 aliphatic rings. The molecule has 26 heavy (non-hydrogen) atoms. The molecular formula is C17H26FN3O4S. The first-order chi connectivity index (χ1) is 11.9. The minimum atomic E-state index is -3.18. The molecular weight excluding hydrogens is 361 g/mol. The Hall–Kier alpha value is -1.71. The number of carboxylic acid groups (broad SMARTS) is 1. The van der Waals surface area contributed by atoms with Gasteiger partial charge in [0, 0.05) is 38.3 Å². The van der Waals surface area contributed by atoms with Gasteiger partial charge in [-0.25, -0.2) is 17.6 Å². The van der Waals surface area contributed by atoms with Crippen LogP contribution in [-0.4, -0.2) is 66.8 Å². The minimum Gasteiger partial charge on any atom is -0.465 e. The van der Waals surface area contributed by atoms with E-state index in [1.807, 2.05) is 0 Å². The standard InChI is InChI=1S/C17H26FN3O4S/c1-17(2,3)21(16(22)23)15-6-5-13(11-14(15)18)12-19-7-9-20(10-8-19)26(4,24)25/h5-6,11H,7-10,12H2,1-4H3,(H,22,23). The summed E-state index contributed by atoms with van der Waals surface area (Å²) >= 11 is 0. The Morgan fingerprint density at radius 2 is 1.81 bits per heavy atom. The van der Waals surface area contributed by atoms with Crippen molar-refractivity contribution >= 4 is 21.8 Å². The molecule has 0 radical (unpaired) electrons. The molecule has 9 heteroatoms. The van der Waals surface area contributed by atoms with Crippen LogP contribution >= 0.6 is 0 Å². The van der Waals surface area contributed by atoms with Crippen LogP contribution in [0.3, 0.4) is 0 Å². The van der Waals surface area contributed by atoms with Crippen molar-refractivity contribution < 1.29 is 22.7 Å². The van der Waals surface area contributed by atoms with Crippen molar-refractivity contribution in [2.45, 2.75) is 32.9 Å². The fourth-order valence-electron chi connectivity index (χ4n) is 3.06. The number of halogens is 1. The summed E-state index contributed by atoms with van der Waals surface area (Å²) in [5, 5.41) is 9.40. The van der Waals surface area contributed by atoms with E-state index >= 15 is 0 Å². The van der Waals surface area contributed by atoms with E-state index in [-0.39, 0.29) is 5.69 Å². The van der Waals surface area contributed by atoms with Gasteiger partial charge in [-0.1, -0.05) is 6.07 Å². The van der Waals surface area contributed by atoms with Gasteiger partial charge in [-0.2, -0.15) is 4.31 Å². The smallest absolute Gasteiger partial charge is 0.412 e. The van der Waals surface area contributed by atoms with Crippen LogP contribution in [0.1, 0.15) is 26.3 Å². The van der Waals surface area contributed by atoms with E-state index in [1.165, 1.54) is 22.7 Å². The Bertz CT molecular complexity index is 769. The van der Waals surface area contributed by atoms with Crippen LogP contribution in [0.4, 0.5) is 14.9 Å². The number of hydrogen-bond acceptors (Lipinski definition) is 4. The van der Waals surface area contributed by atoms with Crippen molar-refractivity contribution in [2.24, 2.45) is 0 Å². The van der Waals surface area contributed by atoms with Gasteiger partial charge in [-0.05, 0) is 38.5 Å². The number of rotatable bonds is 4. The third-order valence-corrected chi connectivity index (χ3v) is 5.62. The van der Waals surface area contributed by atoms with Crippen LogP contribution < -0.4 is 4.90 Å². The highest BCUT2D eigenvalue weighted by Crippen LogP contribution is 2.28. The van der Waals surface area contributed by atoms with Gasteiger partial charge in [-0.3, -0.25) is 9.80 Å². The van der Waals surface area contributed by atoms with Crippen LogP contribution in [0.25, 0.3) is 0 Å². The fourth-order valence-corrected chi connectivity index (χ4v) is 3.89. The third-order valence-electron chi connectivity index (χ3n) is 4.32. The Morgan fingerprint density at radius 3 is 2.23 bits per heavy atom. The Morgan fingerprint density at radius 1 is 1.23 bits per heavy atom. The molecule has 2 rings (SSSR count). The molecule has 0 saturated carbocycles. The Labute approximate surface area is 154 Å². The van der Waals surface area contributed by atoms with Gasteiger partial charge in [0.15, 0.2) is 0 Å². The lowest BCUT2D eigenvalue weighted by Gasteiger charge is -2.34. The Kier molecular flexibility index (Phi) is 5.94. The average molecular weight is 387 g/mol. The van der Waals surface area contributed by atoms with Crippen LogP contribution in [0, 0.1) is 5.82 Å². The summed E-state index contributed by atoms with van der Waals surface area (Å²) in [6, 6.07) is 4.54. The molecule has 0 unspecified atom stereocenters. The zero-order valence-corrected chi connectivity index (χ0v) is 16.4. The molecule has 1 heterocycles. The number of benzene rings is 1. The van der Waals surface area contributed by atoms with Crippen molar-refractivity contribution in [3.63, 3.8) is 0 Å². The van der Waals surface area contributed by atoms with E-state index in [2.05, 4.69) is 4.90 Å². The number of hydrogen-bond donors (Lipinski definition) is 1. The van der Waals surface area contributed by atoms with Gasteiger partial charge in [0.25, 0.3) is 0 Å². The average Bonchev–Trinajstić information content (AvgIpc) is 2.48. The number of anilines is 1. The molecule has 1 amide bonds. The van der Waals surface area contributed by atoms with Crippen molar-refractivity contribution in [1.82, 2.24) is 9.21 Å². The predicted molar refractivity (Wildman–Crippen MR) is 98.4 cm³/mol. The molecule has 7 nitrogen and oxygen atoms in total. The Balaban J connectivity index is 2.10. The van der Waals surface area contributed by atoms with Gasteiger partial charge >= 0.3 is 6.09 Å². The SMILES string of the molecule is CC(C)(C)N(C(=O)O)c1ccc(CN2CCN(S(C)(=O)=O)CC2)cc1F. The molecule has 0 spiro atoms. The van der Waals surface area contributed by atoms with Crippen LogP contribution in [-0.2, 0) is 16.6 Å². The highest BCUT2D eigenvalue weighted by molar-refractivity contribution is 7.88. The first-order valence-corrected chi connectivity index (χ1v) is 10.2.